The first-order valence-electron chi connectivity index (χ1n) is 10.1. The van der Waals surface area contributed by atoms with Gasteiger partial charge in [0, 0.05) is 31.0 Å². The van der Waals surface area contributed by atoms with Crippen molar-refractivity contribution in [3.05, 3.63) is 58.9 Å². The summed E-state index contributed by atoms with van der Waals surface area (Å²) in [5.41, 5.74) is 1.54. The van der Waals surface area contributed by atoms with E-state index in [1.54, 1.807) is 12.3 Å². The van der Waals surface area contributed by atoms with Crippen molar-refractivity contribution < 1.29 is 18.3 Å². The third-order valence-corrected chi connectivity index (χ3v) is 5.77. The van der Waals surface area contributed by atoms with E-state index in [1.807, 2.05) is 0 Å². The zero-order valence-corrected chi connectivity index (χ0v) is 16.2. The number of anilines is 1. The molecule has 1 saturated heterocycles. The number of carbonyl (C=O) groups is 1. The predicted octanol–water partition coefficient (Wildman–Crippen LogP) is 3.02. The Bertz CT molecular complexity index is 1110. The van der Waals surface area contributed by atoms with Gasteiger partial charge in [-0.3, -0.25) is 4.79 Å². The summed E-state index contributed by atoms with van der Waals surface area (Å²) in [7, 11) is 0. The highest BCUT2D eigenvalue weighted by Gasteiger charge is 2.29. The number of carbonyl (C=O) groups excluding carboxylic acids is 1. The van der Waals surface area contributed by atoms with E-state index >= 15 is 0 Å². The van der Waals surface area contributed by atoms with Crippen LogP contribution < -0.4 is 10.6 Å². The van der Waals surface area contributed by atoms with Crippen LogP contribution in [0.15, 0.2) is 30.6 Å². The molecule has 9 heteroatoms. The maximum absolute atomic E-state index is 14.3. The first-order chi connectivity index (χ1) is 14.6. The van der Waals surface area contributed by atoms with E-state index < -0.39 is 5.82 Å². The molecule has 1 amide bonds. The number of hydrogen-bond donors (Lipinski definition) is 2. The molecule has 1 unspecified atom stereocenters. The van der Waals surface area contributed by atoms with E-state index in [0.29, 0.717) is 54.2 Å². The summed E-state index contributed by atoms with van der Waals surface area (Å²) in [6.45, 7) is 1.26. The molecule has 2 aromatic heterocycles. The zero-order valence-electron chi connectivity index (χ0n) is 16.2. The molecule has 1 aliphatic carbocycles. The maximum Gasteiger partial charge on any atom is 0.256 e. The number of hydrogen-bond acceptors (Lipinski definition) is 5. The quantitative estimate of drug-likeness (QED) is 0.687. The molecule has 0 bridgehead atoms. The number of nitrogens with zero attached hydrogens (tertiary/aromatic N) is 3. The molecule has 3 heterocycles. The number of benzene rings is 1. The van der Waals surface area contributed by atoms with Crippen molar-refractivity contribution in [2.45, 2.75) is 37.8 Å². The highest BCUT2D eigenvalue weighted by atomic mass is 19.1. The molecule has 2 N–H and O–H groups in total. The van der Waals surface area contributed by atoms with Gasteiger partial charge in [-0.25, -0.2) is 18.3 Å². The first kappa shape index (κ1) is 18.9. The largest absolute Gasteiger partial charge is 0.381 e. The third-order valence-electron chi connectivity index (χ3n) is 5.77. The smallest absolute Gasteiger partial charge is 0.256 e. The minimum absolute atomic E-state index is 0.0652. The molecule has 2 aliphatic rings. The fourth-order valence-electron chi connectivity index (χ4n) is 4.21. The molecule has 1 fully saturated rings. The molecule has 5 rings (SSSR count). The average molecular weight is 413 g/mol. The number of ether oxygens (including phenoxy) is 1. The van der Waals surface area contributed by atoms with E-state index in [9.17, 15) is 13.6 Å². The van der Waals surface area contributed by atoms with Gasteiger partial charge in [0.1, 0.15) is 23.0 Å². The van der Waals surface area contributed by atoms with Crippen molar-refractivity contribution in [2.75, 3.05) is 18.5 Å². The SMILES string of the molecule is O=C(NC1CCOCC1)c1cnn2ccc(NC3CCc4c(F)ccc(F)c43)nc12. The minimum atomic E-state index is -0.427. The van der Waals surface area contributed by atoms with Gasteiger partial charge in [-0.2, -0.15) is 5.10 Å². The summed E-state index contributed by atoms with van der Waals surface area (Å²) < 4.78 is 35.2. The summed E-state index contributed by atoms with van der Waals surface area (Å²) in [4.78, 5) is 17.3. The van der Waals surface area contributed by atoms with Crippen LogP contribution in [0.2, 0.25) is 0 Å². The van der Waals surface area contributed by atoms with Gasteiger partial charge in [-0.1, -0.05) is 0 Å². The van der Waals surface area contributed by atoms with Crippen LogP contribution in [0.1, 0.15) is 46.8 Å². The normalized spacial score (nSPS) is 19.1. The van der Waals surface area contributed by atoms with Crippen LogP contribution in [0.3, 0.4) is 0 Å². The minimum Gasteiger partial charge on any atom is -0.381 e. The Morgan fingerprint density at radius 1 is 1.13 bits per heavy atom. The van der Waals surface area contributed by atoms with Crippen LogP contribution >= 0.6 is 0 Å². The van der Waals surface area contributed by atoms with Gasteiger partial charge in [0.25, 0.3) is 5.91 Å². The van der Waals surface area contributed by atoms with Gasteiger partial charge >= 0.3 is 0 Å². The molecule has 0 radical (unpaired) electrons. The molecule has 1 aromatic carbocycles. The second-order valence-electron chi connectivity index (χ2n) is 7.66. The summed E-state index contributed by atoms with van der Waals surface area (Å²) >= 11 is 0. The Labute approximate surface area is 171 Å². The second-order valence-corrected chi connectivity index (χ2v) is 7.66. The van der Waals surface area contributed by atoms with Crippen LogP contribution in [0.5, 0.6) is 0 Å². The molecule has 7 nitrogen and oxygen atoms in total. The Morgan fingerprint density at radius 2 is 1.93 bits per heavy atom. The standard InChI is InChI=1S/C21H21F2N5O2/c22-15-2-3-16(23)19-13(15)1-4-17(19)26-18-5-8-28-20(27-18)14(11-24-28)21(29)25-12-6-9-30-10-7-12/h2-3,5,8,11-12,17H,1,4,6-7,9-10H2,(H,25,29)(H,26,27). The molecule has 156 valence electrons. The summed E-state index contributed by atoms with van der Waals surface area (Å²) in [6, 6.07) is 3.70. The van der Waals surface area contributed by atoms with Gasteiger partial charge in [-0.15, -0.1) is 0 Å². The van der Waals surface area contributed by atoms with Gasteiger partial charge < -0.3 is 15.4 Å². The molecular formula is C21H21F2N5O2. The Hall–Kier alpha value is -3.07. The van der Waals surface area contributed by atoms with Gasteiger partial charge in [0.2, 0.25) is 0 Å². The van der Waals surface area contributed by atoms with E-state index in [-0.39, 0.29) is 23.8 Å². The number of rotatable bonds is 4. The summed E-state index contributed by atoms with van der Waals surface area (Å²) in [5.74, 6) is -0.573. The van der Waals surface area contributed by atoms with Crippen LogP contribution in [-0.2, 0) is 11.2 Å². The number of aromatic nitrogens is 3. The van der Waals surface area contributed by atoms with Gasteiger partial charge in [0.15, 0.2) is 5.65 Å². The van der Waals surface area contributed by atoms with Crippen molar-refractivity contribution in [2.24, 2.45) is 0 Å². The number of amides is 1. The lowest BCUT2D eigenvalue weighted by molar-refractivity contribution is 0.0697. The summed E-state index contributed by atoms with van der Waals surface area (Å²) in [6.07, 6.45) is 5.75. The highest BCUT2D eigenvalue weighted by Crippen LogP contribution is 2.36. The van der Waals surface area contributed by atoms with E-state index in [2.05, 4.69) is 20.7 Å². The fourth-order valence-corrected chi connectivity index (χ4v) is 4.21. The number of halogens is 2. The topological polar surface area (TPSA) is 80.5 Å². The van der Waals surface area contributed by atoms with Crippen molar-refractivity contribution >= 4 is 17.4 Å². The third kappa shape index (κ3) is 3.39. The van der Waals surface area contributed by atoms with Gasteiger partial charge in [0.05, 0.1) is 12.2 Å². The molecule has 3 aromatic rings. The van der Waals surface area contributed by atoms with Crippen LogP contribution in [0.4, 0.5) is 14.6 Å². The fraction of sp³-hybridized carbons (Fsp3) is 0.381. The second kappa shape index (κ2) is 7.64. The Kier molecular flexibility index (Phi) is 4.82. The van der Waals surface area contributed by atoms with Crippen LogP contribution in [-0.4, -0.2) is 39.8 Å². The summed E-state index contributed by atoms with van der Waals surface area (Å²) in [5, 5.41) is 10.4. The monoisotopic (exact) mass is 413 g/mol. The highest BCUT2D eigenvalue weighted by molar-refractivity contribution is 5.99. The molecule has 0 spiro atoms. The predicted molar refractivity (Wildman–Crippen MR) is 105 cm³/mol. The molecule has 1 aliphatic heterocycles. The van der Waals surface area contributed by atoms with Crippen molar-refractivity contribution in [3.8, 4) is 0 Å². The average Bonchev–Trinajstić information content (AvgIpc) is 3.36. The van der Waals surface area contributed by atoms with Crippen molar-refractivity contribution in [1.29, 1.82) is 0 Å². The van der Waals surface area contributed by atoms with Gasteiger partial charge in [-0.05, 0) is 49.4 Å². The molecule has 0 saturated carbocycles. The maximum atomic E-state index is 14.3. The Morgan fingerprint density at radius 3 is 2.77 bits per heavy atom. The first-order valence-corrected chi connectivity index (χ1v) is 10.1. The van der Waals surface area contributed by atoms with E-state index in [4.69, 9.17) is 4.74 Å². The number of fused-ring (bicyclic) bond motifs is 2. The van der Waals surface area contributed by atoms with Crippen LogP contribution in [0.25, 0.3) is 5.65 Å². The molecule has 30 heavy (non-hydrogen) atoms. The van der Waals surface area contributed by atoms with E-state index in [0.717, 1.165) is 25.0 Å². The zero-order chi connectivity index (χ0) is 20.7. The lowest BCUT2D eigenvalue weighted by Gasteiger charge is -2.22. The van der Waals surface area contributed by atoms with Crippen LogP contribution in [0, 0.1) is 11.6 Å². The van der Waals surface area contributed by atoms with Crippen molar-refractivity contribution in [1.82, 2.24) is 19.9 Å². The van der Waals surface area contributed by atoms with E-state index in [1.165, 1.54) is 10.7 Å². The molecule has 1 atom stereocenters. The Balaban J connectivity index is 1.39. The molecular weight excluding hydrogens is 392 g/mol. The lowest BCUT2D eigenvalue weighted by Crippen LogP contribution is -2.38. The number of nitrogens with one attached hydrogen (secondary N) is 2. The lowest BCUT2D eigenvalue weighted by atomic mass is 10.1. The van der Waals surface area contributed by atoms with Crippen molar-refractivity contribution in [3.63, 3.8) is 0 Å².